The lowest BCUT2D eigenvalue weighted by molar-refractivity contribution is 0.112. The molecule has 0 amide bonds. The zero-order valence-corrected chi connectivity index (χ0v) is 10.9. The number of hydrogen-bond donors (Lipinski definition) is 0. The average Bonchev–Trinajstić information content (AvgIpc) is 2.87. The molecule has 20 heavy (non-hydrogen) atoms. The van der Waals surface area contributed by atoms with Gasteiger partial charge in [0.15, 0.2) is 6.29 Å². The summed E-state index contributed by atoms with van der Waals surface area (Å²) in [6.07, 6.45) is 8.60. The molecule has 3 rings (SSSR count). The van der Waals surface area contributed by atoms with Crippen molar-refractivity contribution in [3.63, 3.8) is 0 Å². The molecule has 0 bridgehead atoms. The van der Waals surface area contributed by atoms with Crippen molar-refractivity contribution in [3.05, 3.63) is 72.1 Å². The Morgan fingerprint density at radius 1 is 1.10 bits per heavy atom. The highest BCUT2D eigenvalue weighted by Gasteiger charge is 2.06. The van der Waals surface area contributed by atoms with Crippen molar-refractivity contribution < 1.29 is 4.79 Å². The lowest BCUT2D eigenvalue weighted by Gasteiger charge is -1.99. The minimum atomic E-state index is 0.682. The Labute approximate surface area is 117 Å². The largest absolute Gasteiger partial charge is 0.328 e. The third-order valence-electron chi connectivity index (χ3n) is 3.20. The van der Waals surface area contributed by atoms with Crippen molar-refractivity contribution in [1.82, 2.24) is 9.55 Å². The predicted molar refractivity (Wildman–Crippen MR) is 80.6 cm³/mol. The van der Waals surface area contributed by atoms with Crippen molar-refractivity contribution >= 4 is 23.4 Å². The van der Waals surface area contributed by atoms with E-state index in [1.807, 2.05) is 41.1 Å². The lowest BCUT2D eigenvalue weighted by atomic mass is 10.2. The molecule has 3 heteroatoms. The van der Waals surface area contributed by atoms with E-state index in [9.17, 15) is 4.79 Å². The standard InChI is InChI=1S/C17H14N2O/c20-13-15-12-19(17-16(15)9-4-10-18-17)11-5-8-14-6-2-1-3-7-14/h1-10,12-13H,11H2. The summed E-state index contributed by atoms with van der Waals surface area (Å²) < 4.78 is 1.98. The van der Waals surface area contributed by atoms with Crippen LogP contribution in [0.3, 0.4) is 0 Å². The number of benzene rings is 1. The summed E-state index contributed by atoms with van der Waals surface area (Å²) >= 11 is 0. The molecule has 0 fully saturated rings. The number of hydrogen-bond acceptors (Lipinski definition) is 2. The van der Waals surface area contributed by atoms with Crippen LogP contribution < -0.4 is 0 Å². The van der Waals surface area contributed by atoms with Crippen molar-refractivity contribution in [1.29, 1.82) is 0 Å². The van der Waals surface area contributed by atoms with Crippen molar-refractivity contribution in [3.8, 4) is 0 Å². The van der Waals surface area contributed by atoms with Crippen LogP contribution in [0.4, 0.5) is 0 Å². The number of carbonyl (C=O) groups excluding carboxylic acids is 1. The smallest absolute Gasteiger partial charge is 0.152 e. The van der Waals surface area contributed by atoms with E-state index >= 15 is 0 Å². The van der Waals surface area contributed by atoms with Gasteiger partial charge in [0.2, 0.25) is 0 Å². The molecule has 0 saturated heterocycles. The summed E-state index contributed by atoms with van der Waals surface area (Å²) in [5, 5.41) is 0.899. The summed E-state index contributed by atoms with van der Waals surface area (Å²) in [7, 11) is 0. The summed E-state index contributed by atoms with van der Waals surface area (Å²) in [5.74, 6) is 0. The second-order valence-electron chi connectivity index (χ2n) is 4.54. The van der Waals surface area contributed by atoms with Gasteiger partial charge in [-0.25, -0.2) is 4.98 Å². The van der Waals surface area contributed by atoms with Gasteiger partial charge in [0.25, 0.3) is 0 Å². The van der Waals surface area contributed by atoms with Gasteiger partial charge in [0.1, 0.15) is 5.65 Å². The number of aldehydes is 1. The van der Waals surface area contributed by atoms with Crippen molar-refractivity contribution in [2.24, 2.45) is 0 Å². The van der Waals surface area contributed by atoms with E-state index in [1.165, 1.54) is 0 Å². The molecular weight excluding hydrogens is 248 g/mol. The maximum Gasteiger partial charge on any atom is 0.152 e. The minimum absolute atomic E-state index is 0.682. The SMILES string of the molecule is O=Cc1cn(CC=Cc2ccccc2)c2ncccc12. The van der Waals surface area contributed by atoms with Crippen LogP contribution in [0.1, 0.15) is 15.9 Å². The minimum Gasteiger partial charge on any atom is -0.328 e. The Morgan fingerprint density at radius 3 is 2.75 bits per heavy atom. The van der Waals surface area contributed by atoms with Gasteiger partial charge in [-0.2, -0.15) is 0 Å². The number of pyridine rings is 1. The molecule has 0 aliphatic heterocycles. The highest BCUT2D eigenvalue weighted by Crippen LogP contribution is 2.17. The zero-order chi connectivity index (χ0) is 13.8. The molecule has 0 N–H and O–H groups in total. The van der Waals surface area contributed by atoms with Crippen LogP contribution in [0.25, 0.3) is 17.1 Å². The predicted octanol–water partition coefficient (Wildman–Crippen LogP) is 3.56. The molecule has 0 atom stereocenters. The van der Waals surface area contributed by atoms with Crippen molar-refractivity contribution in [2.75, 3.05) is 0 Å². The van der Waals surface area contributed by atoms with E-state index in [2.05, 4.69) is 29.3 Å². The molecule has 1 aromatic carbocycles. The fraction of sp³-hybridized carbons (Fsp3) is 0.0588. The third-order valence-corrected chi connectivity index (χ3v) is 3.20. The van der Waals surface area contributed by atoms with Crippen molar-refractivity contribution in [2.45, 2.75) is 6.54 Å². The van der Waals surface area contributed by atoms with Crippen LogP contribution in [0, 0.1) is 0 Å². The first-order chi connectivity index (χ1) is 9.88. The summed E-state index contributed by atoms with van der Waals surface area (Å²) in [5.41, 5.74) is 2.68. The fourth-order valence-corrected chi connectivity index (χ4v) is 2.25. The molecule has 0 unspecified atom stereocenters. The van der Waals surface area contributed by atoms with Crippen LogP contribution >= 0.6 is 0 Å². The monoisotopic (exact) mass is 262 g/mol. The zero-order valence-electron chi connectivity index (χ0n) is 10.9. The first-order valence-corrected chi connectivity index (χ1v) is 6.49. The molecular formula is C17H14N2O. The van der Waals surface area contributed by atoms with Crippen LogP contribution in [0.5, 0.6) is 0 Å². The molecule has 0 aliphatic rings. The Kier molecular flexibility index (Phi) is 3.42. The molecule has 2 aromatic heterocycles. The van der Waals surface area contributed by atoms with Crippen LogP contribution in [0.2, 0.25) is 0 Å². The molecule has 2 heterocycles. The number of allylic oxidation sites excluding steroid dienone is 1. The van der Waals surface area contributed by atoms with Gasteiger partial charge < -0.3 is 4.57 Å². The highest BCUT2D eigenvalue weighted by atomic mass is 16.1. The summed E-state index contributed by atoms with van der Waals surface area (Å²) in [6.45, 7) is 0.691. The van der Waals surface area contributed by atoms with Crippen LogP contribution in [-0.4, -0.2) is 15.8 Å². The Balaban J connectivity index is 1.88. The van der Waals surface area contributed by atoms with E-state index in [0.29, 0.717) is 12.1 Å². The van der Waals surface area contributed by atoms with Crippen LogP contribution in [0.15, 0.2) is 60.9 Å². The molecule has 0 saturated carbocycles. The summed E-state index contributed by atoms with van der Waals surface area (Å²) in [4.78, 5) is 15.4. The third kappa shape index (κ3) is 2.38. The maximum atomic E-state index is 11.1. The number of carbonyl (C=O) groups is 1. The molecule has 0 aliphatic carbocycles. The number of nitrogens with zero attached hydrogens (tertiary/aromatic N) is 2. The van der Waals surface area contributed by atoms with E-state index < -0.39 is 0 Å². The molecule has 98 valence electrons. The molecule has 0 spiro atoms. The molecule has 0 radical (unpaired) electrons. The van der Waals surface area contributed by atoms with Gasteiger partial charge in [0, 0.05) is 29.9 Å². The second-order valence-corrected chi connectivity index (χ2v) is 4.54. The summed E-state index contributed by atoms with van der Waals surface area (Å²) in [6, 6.07) is 13.9. The van der Waals surface area contributed by atoms with Crippen LogP contribution in [-0.2, 0) is 6.54 Å². The fourth-order valence-electron chi connectivity index (χ4n) is 2.25. The Morgan fingerprint density at radius 2 is 1.95 bits per heavy atom. The number of rotatable bonds is 4. The van der Waals surface area contributed by atoms with E-state index in [4.69, 9.17) is 0 Å². The van der Waals surface area contributed by atoms with Gasteiger partial charge in [0.05, 0.1) is 0 Å². The highest BCUT2D eigenvalue weighted by molar-refractivity contribution is 5.95. The van der Waals surface area contributed by atoms with Gasteiger partial charge in [-0.05, 0) is 17.7 Å². The van der Waals surface area contributed by atoms with Gasteiger partial charge in [-0.15, -0.1) is 0 Å². The first kappa shape index (κ1) is 12.4. The normalized spacial score (nSPS) is 11.2. The Hall–Kier alpha value is -2.68. The second kappa shape index (κ2) is 5.53. The topological polar surface area (TPSA) is 34.9 Å². The molecule has 3 aromatic rings. The maximum absolute atomic E-state index is 11.1. The average molecular weight is 262 g/mol. The van der Waals surface area contributed by atoms with Gasteiger partial charge >= 0.3 is 0 Å². The van der Waals surface area contributed by atoms with E-state index in [0.717, 1.165) is 22.9 Å². The van der Waals surface area contributed by atoms with Gasteiger partial charge in [-0.1, -0.05) is 42.5 Å². The quantitative estimate of drug-likeness (QED) is 0.674. The number of aromatic nitrogens is 2. The Bertz CT molecular complexity index is 757. The first-order valence-electron chi connectivity index (χ1n) is 6.49. The van der Waals surface area contributed by atoms with E-state index in [-0.39, 0.29) is 0 Å². The lowest BCUT2D eigenvalue weighted by Crippen LogP contribution is -1.94. The molecule has 3 nitrogen and oxygen atoms in total. The van der Waals surface area contributed by atoms with E-state index in [1.54, 1.807) is 6.20 Å². The van der Waals surface area contributed by atoms with Gasteiger partial charge in [-0.3, -0.25) is 4.79 Å². The number of fused-ring (bicyclic) bond motifs is 1.